The number of carbonyl (C=O) groups is 1. The Hall–Kier alpha value is -3.05. The molecule has 1 aliphatic rings. The summed E-state index contributed by atoms with van der Waals surface area (Å²) in [4.78, 5) is 15.0. The van der Waals surface area contributed by atoms with Gasteiger partial charge in [0.15, 0.2) is 0 Å². The molecule has 4 aromatic rings. The summed E-state index contributed by atoms with van der Waals surface area (Å²) in [7, 11) is 0. The number of aryl methyl sites for hydroxylation is 1. The van der Waals surface area contributed by atoms with Crippen molar-refractivity contribution in [3.8, 4) is 0 Å². The number of hydrogen-bond donors (Lipinski definition) is 0. The SMILES string of the molecule is CCOC(=O)c1cc2c3ccccc3c3c(N4CCOCC4)cccc3n2c1C. The summed E-state index contributed by atoms with van der Waals surface area (Å²) in [5.41, 5.74) is 4.90. The summed E-state index contributed by atoms with van der Waals surface area (Å²) in [6.07, 6.45) is 0. The summed E-state index contributed by atoms with van der Waals surface area (Å²) in [6.45, 7) is 7.44. The van der Waals surface area contributed by atoms with Crippen LogP contribution in [0.15, 0.2) is 48.5 Å². The van der Waals surface area contributed by atoms with Gasteiger partial charge in [-0.15, -0.1) is 0 Å². The Bertz CT molecular complexity index is 1240. The molecule has 3 heterocycles. The average Bonchev–Trinajstić information content (AvgIpc) is 3.12. The second kappa shape index (κ2) is 7.08. The lowest BCUT2D eigenvalue weighted by atomic mass is 10.0. The van der Waals surface area contributed by atoms with E-state index in [1.54, 1.807) is 0 Å². The van der Waals surface area contributed by atoms with E-state index in [0.717, 1.165) is 48.4 Å². The number of benzene rings is 2. The number of pyridine rings is 1. The van der Waals surface area contributed by atoms with E-state index in [4.69, 9.17) is 9.47 Å². The van der Waals surface area contributed by atoms with Gasteiger partial charge in [-0.25, -0.2) is 4.79 Å². The maximum atomic E-state index is 12.6. The molecule has 0 N–H and O–H groups in total. The summed E-state index contributed by atoms with van der Waals surface area (Å²) in [5.74, 6) is -0.268. The van der Waals surface area contributed by atoms with E-state index in [1.807, 2.05) is 19.9 Å². The molecule has 5 nitrogen and oxygen atoms in total. The molecule has 2 aromatic heterocycles. The van der Waals surface area contributed by atoms with Gasteiger partial charge in [-0.1, -0.05) is 30.3 Å². The minimum absolute atomic E-state index is 0.268. The van der Waals surface area contributed by atoms with Crippen molar-refractivity contribution in [3.05, 3.63) is 59.8 Å². The Morgan fingerprint density at radius 1 is 1.03 bits per heavy atom. The van der Waals surface area contributed by atoms with Crippen molar-refractivity contribution in [3.63, 3.8) is 0 Å². The minimum atomic E-state index is -0.268. The van der Waals surface area contributed by atoms with Crippen LogP contribution in [0.2, 0.25) is 0 Å². The van der Waals surface area contributed by atoms with Gasteiger partial charge in [0.1, 0.15) is 0 Å². The standard InChI is InChI=1S/C24H24N2O3/c1-3-29-24(27)19-15-22-17-7-4-5-8-18(17)23-20(25-11-13-28-14-12-25)9-6-10-21(23)26(22)16(19)2/h4-10,15H,3,11-14H2,1-2H3. The summed E-state index contributed by atoms with van der Waals surface area (Å²) in [5, 5.41) is 3.55. The van der Waals surface area contributed by atoms with Crippen molar-refractivity contribution in [1.82, 2.24) is 4.40 Å². The van der Waals surface area contributed by atoms with E-state index in [9.17, 15) is 4.79 Å². The van der Waals surface area contributed by atoms with Crippen molar-refractivity contribution in [2.24, 2.45) is 0 Å². The molecule has 0 atom stereocenters. The monoisotopic (exact) mass is 388 g/mol. The topological polar surface area (TPSA) is 43.2 Å². The Balaban J connectivity index is 1.90. The predicted molar refractivity (Wildman–Crippen MR) is 116 cm³/mol. The zero-order valence-corrected chi connectivity index (χ0v) is 16.8. The first-order valence-corrected chi connectivity index (χ1v) is 10.2. The first-order chi connectivity index (χ1) is 14.2. The lowest BCUT2D eigenvalue weighted by molar-refractivity contribution is 0.0525. The first kappa shape index (κ1) is 18.0. The Labute approximate surface area is 169 Å². The number of rotatable bonds is 3. The van der Waals surface area contributed by atoms with Crippen molar-refractivity contribution in [2.75, 3.05) is 37.8 Å². The molecular weight excluding hydrogens is 364 g/mol. The molecule has 29 heavy (non-hydrogen) atoms. The highest BCUT2D eigenvalue weighted by Gasteiger charge is 2.21. The molecule has 0 saturated carbocycles. The molecule has 2 aromatic carbocycles. The molecule has 1 aliphatic heterocycles. The first-order valence-electron chi connectivity index (χ1n) is 10.2. The molecule has 1 fully saturated rings. The molecule has 5 heteroatoms. The Morgan fingerprint density at radius 2 is 1.79 bits per heavy atom. The molecule has 0 spiro atoms. The number of esters is 1. The third-order valence-corrected chi connectivity index (χ3v) is 5.83. The summed E-state index contributed by atoms with van der Waals surface area (Å²) in [6, 6.07) is 16.8. The quantitative estimate of drug-likeness (QED) is 0.381. The van der Waals surface area contributed by atoms with Crippen LogP contribution in [0.4, 0.5) is 5.69 Å². The molecule has 0 amide bonds. The van der Waals surface area contributed by atoms with E-state index >= 15 is 0 Å². The third-order valence-electron chi connectivity index (χ3n) is 5.83. The zero-order valence-electron chi connectivity index (χ0n) is 16.8. The highest BCUT2D eigenvalue weighted by molar-refractivity contribution is 6.18. The molecule has 148 valence electrons. The van der Waals surface area contributed by atoms with Gasteiger partial charge < -0.3 is 18.8 Å². The van der Waals surface area contributed by atoms with Crippen LogP contribution in [0.25, 0.3) is 27.2 Å². The summed E-state index contributed by atoms with van der Waals surface area (Å²) >= 11 is 0. The number of nitrogens with zero attached hydrogens (tertiary/aromatic N) is 2. The van der Waals surface area contributed by atoms with Crippen molar-refractivity contribution in [2.45, 2.75) is 13.8 Å². The van der Waals surface area contributed by atoms with Crippen LogP contribution in [0.1, 0.15) is 23.0 Å². The summed E-state index contributed by atoms with van der Waals surface area (Å²) < 4.78 is 13.1. The van der Waals surface area contributed by atoms with Gasteiger partial charge in [0, 0.05) is 35.2 Å². The van der Waals surface area contributed by atoms with E-state index in [1.165, 1.54) is 16.5 Å². The van der Waals surface area contributed by atoms with E-state index < -0.39 is 0 Å². The number of aromatic nitrogens is 1. The molecule has 1 saturated heterocycles. The number of carbonyl (C=O) groups excluding carboxylic acids is 1. The average molecular weight is 388 g/mol. The minimum Gasteiger partial charge on any atom is -0.462 e. The maximum absolute atomic E-state index is 12.6. The normalized spacial score (nSPS) is 14.8. The van der Waals surface area contributed by atoms with Crippen LogP contribution < -0.4 is 4.90 Å². The van der Waals surface area contributed by atoms with Crippen LogP contribution in [0, 0.1) is 6.92 Å². The third kappa shape index (κ3) is 2.76. The van der Waals surface area contributed by atoms with Gasteiger partial charge in [-0.2, -0.15) is 0 Å². The molecule has 0 bridgehead atoms. The molecule has 0 radical (unpaired) electrons. The highest BCUT2D eigenvalue weighted by Crippen LogP contribution is 2.38. The molecule has 5 rings (SSSR count). The van der Waals surface area contributed by atoms with Crippen LogP contribution in [0.5, 0.6) is 0 Å². The largest absolute Gasteiger partial charge is 0.462 e. The van der Waals surface area contributed by atoms with Crippen molar-refractivity contribution >= 4 is 38.8 Å². The van der Waals surface area contributed by atoms with Crippen LogP contribution in [-0.2, 0) is 9.47 Å². The van der Waals surface area contributed by atoms with E-state index in [2.05, 4.69) is 51.8 Å². The van der Waals surface area contributed by atoms with Crippen molar-refractivity contribution < 1.29 is 14.3 Å². The second-order valence-corrected chi connectivity index (χ2v) is 7.40. The fourth-order valence-corrected chi connectivity index (χ4v) is 4.51. The van der Waals surface area contributed by atoms with Crippen molar-refractivity contribution in [1.29, 1.82) is 0 Å². The predicted octanol–water partition coefficient (Wildman–Crippen LogP) is 4.57. The number of ether oxygens (including phenoxy) is 2. The number of fused-ring (bicyclic) bond motifs is 6. The molecule has 0 unspecified atom stereocenters. The lowest BCUT2D eigenvalue weighted by Crippen LogP contribution is -2.36. The van der Waals surface area contributed by atoms with E-state index in [-0.39, 0.29) is 5.97 Å². The smallest absolute Gasteiger partial charge is 0.339 e. The molecule has 0 aliphatic carbocycles. The van der Waals surface area contributed by atoms with Crippen LogP contribution in [0.3, 0.4) is 0 Å². The maximum Gasteiger partial charge on any atom is 0.339 e. The van der Waals surface area contributed by atoms with Gasteiger partial charge in [0.05, 0.1) is 36.4 Å². The fraction of sp³-hybridized carbons (Fsp3) is 0.292. The van der Waals surface area contributed by atoms with E-state index in [0.29, 0.717) is 12.2 Å². The lowest BCUT2D eigenvalue weighted by Gasteiger charge is -2.30. The molecular formula is C24H24N2O3. The number of morpholine rings is 1. The zero-order chi connectivity index (χ0) is 20.0. The Kier molecular flexibility index (Phi) is 4.40. The van der Waals surface area contributed by atoms with Crippen LogP contribution >= 0.6 is 0 Å². The Morgan fingerprint density at radius 3 is 2.55 bits per heavy atom. The number of hydrogen-bond acceptors (Lipinski definition) is 4. The number of anilines is 1. The van der Waals surface area contributed by atoms with Gasteiger partial charge in [-0.3, -0.25) is 0 Å². The van der Waals surface area contributed by atoms with Gasteiger partial charge in [0.2, 0.25) is 0 Å². The van der Waals surface area contributed by atoms with Gasteiger partial charge >= 0.3 is 5.97 Å². The van der Waals surface area contributed by atoms with Crippen LogP contribution in [-0.4, -0.2) is 43.3 Å². The fourth-order valence-electron chi connectivity index (χ4n) is 4.51. The van der Waals surface area contributed by atoms with Gasteiger partial charge in [0.25, 0.3) is 0 Å². The van der Waals surface area contributed by atoms with Gasteiger partial charge in [-0.05, 0) is 37.4 Å². The second-order valence-electron chi connectivity index (χ2n) is 7.40. The highest BCUT2D eigenvalue weighted by atomic mass is 16.5.